The Morgan fingerprint density at radius 1 is 0.481 bits per heavy atom. The van der Waals surface area contributed by atoms with Gasteiger partial charge in [-0.25, -0.2) is 0 Å². The molecule has 3 N–H and O–H groups in total. The van der Waals surface area contributed by atoms with Crippen LogP contribution in [0.3, 0.4) is 0 Å². The molecule has 52 heavy (non-hydrogen) atoms. The van der Waals surface area contributed by atoms with Gasteiger partial charge in [0.25, 0.3) is 0 Å². The number of amides is 1. The first-order chi connectivity index (χ1) is 25.7. The Kier molecular flexibility index (Phi) is 40.5. The van der Waals surface area contributed by atoms with E-state index in [2.05, 4.69) is 104 Å². The number of allylic oxidation sites excluding steroid dienone is 15. The van der Waals surface area contributed by atoms with E-state index >= 15 is 0 Å². The van der Waals surface area contributed by atoms with Crippen LogP contribution in [0, 0.1) is 0 Å². The summed E-state index contributed by atoms with van der Waals surface area (Å²) in [7, 11) is 0. The molecule has 2 unspecified atom stereocenters. The first-order valence-electron chi connectivity index (χ1n) is 21.5. The molecular formula is C48H81NO3. The number of aliphatic hydroxyl groups is 2. The lowest BCUT2D eigenvalue weighted by molar-refractivity contribution is -0.123. The number of carbonyl (C=O) groups excluding carboxylic acids is 1. The Balaban J connectivity index is 3.68. The summed E-state index contributed by atoms with van der Waals surface area (Å²) >= 11 is 0. The Bertz CT molecular complexity index is 999. The summed E-state index contributed by atoms with van der Waals surface area (Å²) in [5.74, 6) is -0.0903. The highest BCUT2D eigenvalue weighted by atomic mass is 16.3. The number of nitrogens with one attached hydrogen (secondary N) is 1. The van der Waals surface area contributed by atoms with E-state index in [1.807, 2.05) is 6.08 Å². The van der Waals surface area contributed by atoms with Gasteiger partial charge in [0.05, 0.1) is 18.8 Å². The fourth-order valence-electron chi connectivity index (χ4n) is 5.76. The van der Waals surface area contributed by atoms with E-state index < -0.39 is 12.1 Å². The van der Waals surface area contributed by atoms with Gasteiger partial charge in [0, 0.05) is 6.42 Å². The van der Waals surface area contributed by atoms with E-state index in [4.69, 9.17) is 0 Å². The Labute approximate surface area is 322 Å². The molecule has 0 aromatic carbocycles. The molecule has 4 heteroatoms. The molecule has 0 saturated carbocycles. The van der Waals surface area contributed by atoms with Gasteiger partial charge in [-0.15, -0.1) is 0 Å². The Morgan fingerprint density at radius 2 is 0.865 bits per heavy atom. The largest absolute Gasteiger partial charge is 0.394 e. The summed E-state index contributed by atoms with van der Waals surface area (Å²) in [4.78, 5) is 12.4. The normalized spacial score (nSPS) is 14.0. The predicted octanol–water partition coefficient (Wildman–Crippen LogP) is 13.5. The minimum absolute atomic E-state index is 0.0903. The van der Waals surface area contributed by atoms with Crippen molar-refractivity contribution in [2.24, 2.45) is 0 Å². The first-order valence-corrected chi connectivity index (χ1v) is 21.5. The molecule has 4 nitrogen and oxygen atoms in total. The maximum atomic E-state index is 12.4. The van der Waals surface area contributed by atoms with Gasteiger partial charge in [0.2, 0.25) is 5.91 Å². The summed E-state index contributed by atoms with van der Waals surface area (Å²) in [5.41, 5.74) is 0. The molecule has 0 aliphatic carbocycles. The molecule has 0 aromatic rings. The van der Waals surface area contributed by atoms with Crippen LogP contribution in [0.4, 0.5) is 0 Å². The Morgan fingerprint density at radius 3 is 1.35 bits per heavy atom. The molecule has 0 aliphatic heterocycles. The fourth-order valence-corrected chi connectivity index (χ4v) is 5.76. The van der Waals surface area contributed by atoms with E-state index in [9.17, 15) is 15.0 Å². The zero-order chi connectivity index (χ0) is 37.8. The number of aliphatic hydroxyl groups excluding tert-OH is 2. The van der Waals surface area contributed by atoms with Crippen molar-refractivity contribution in [2.45, 2.75) is 193 Å². The predicted molar refractivity (Wildman–Crippen MR) is 230 cm³/mol. The van der Waals surface area contributed by atoms with Crippen molar-refractivity contribution in [3.63, 3.8) is 0 Å². The van der Waals surface area contributed by atoms with E-state index in [0.29, 0.717) is 6.42 Å². The second-order valence-electron chi connectivity index (χ2n) is 14.0. The highest BCUT2D eigenvalue weighted by molar-refractivity contribution is 5.76. The van der Waals surface area contributed by atoms with Crippen LogP contribution in [-0.2, 0) is 4.79 Å². The molecule has 296 valence electrons. The van der Waals surface area contributed by atoms with Crippen molar-refractivity contribution in [3.05, 3.63) is 97.2 Å². The van der Waals surface area contributed by atoms with Gasteiger partial charge in [0.15, 0.2) is 0 Å². The number of carbonyl (C=O) groups is 1. The second-order valence-corrected chi connectivity index (χ2v) is 14.0. The number of hydrogen-bond donors (Lipinski definition) is 3. The fraction of sp³-hybridized carbons (Fsp3) is 0.646. The van der Waals surface area contributed by atoms with E-state index in [-0.39, 0.29) is 12.5 Å². The average molecular weight is 720 g/mol. The van der Waals surface area contributed by atoms with Crippen molar-refractivity contribution in [1.82, 2.24) is 5.32 Å². The first kappa shape index (κ1) is 49.3. The van der Waals surface area contributed by atoms with Crippen LogP contribution >= 0.6 is 0 Å². The van der Waals surface area contributed by atoms with Gasteiger partial charge in [-0.3, -0.25) is 4.79 Å². The lowest BCUT2D eigenvalue weighted by Gasteiger charge is -2.19. The average Bonchev–Trinajstić information content (AvgIpc) is 3.15. The molecule has 0 spiro atoms. The van der Waals surface area contributed by atoms with E-state index in [1.54, 1.807) is 6.08 Å². The standard InChI is InChI=1S/C48H81NO3/c1-3-5-7-9-11-13-15-17-19-20-21-22-23-24-25-26-27-28-30-32-34-36-38-40-42-44-48(52)49-46(45-50)47(51)43-41-39-37-35-33-31-29-18-16-14-12-10-8-6-4-2/h5,7,11,13,16-19,21-22,24-25,33,35,41,43,46-47,50-51H,3-4,6,8-10,12,14-15,20,23,26-32,34,36-40,42,44-45H2,1-2H3,(H,49,52)/b7-5-,13-11-,18-16+,19-17-,22-21-,25-24-,35-33+,43-41+. The van der Waals surface area contributed by atoms with Crippen molar-refractivity contribution < 1.29 is 15.0 Å². The van der Waals surface area contributed by atoms with Crippen LogP contribution in [0.25, 0.3) is 0 Å². The van der Waals surface area contributed by atoms with Crippen molar-refractivity contribution >= 4 is 5.91 Å². The number of unbranched alkanes of at least 4 members (excludes halogenated alkanes) is 16. The zero-order valence-corrected chi connectivity index (χ0v) is 33.8. The van der Waals surface area contributed by atoms with E-state index in [0.717, 1.165) is 77.0 Å². The molecule has 0 rings (SSSR count). The minimum Gasteiger partial charge on any atom is -0.394 e. The Hall–Kier alpha value is -2.69. The van der Waals surface area contributed by atoms with Gasteiger partial charge in [-0.1, -0.05) is 182 Å². The van der Waals surface area contributed by atoms with Gasteiger partial charge in [0.1, 0.15) is 0 Å². The zero-order valence-electron chi connectivity index (χ0n) is 33.8. The molecule has 0 heterocycles. The van der Waals surface area contributed by atoms with Crippen LogP contribution in [-0.4, -0.2) is 34.9 Å². The maximum Gasteiger partial charge on any atom is 0.220 e. The summed E-state index contributed by atoms with van der Waals surface area (Å²) in [5, 5.41) is 22.9. The minimum atomic E-state index is -0.878. The molecule has 2 atom stereocenters. The lowest BCUT2D eigenvalue weighted by Crippen LogP contribution is -2.45. The maximum absolute atomic E-state index is 12.4. The SMILES string of the molecule is CC/C=C\C/C=C\C/C=C\C/C=C\C/C=C\CCCCCCCCCCCC(=O)NC(CO)C(O)/C=C/CC/C=C/CC/C=C/CCCCCCC. The van der Waals surface area contributed by atoms with Crippen molar-refractivity contribution in [2.75, 3.05) is 6.61 Å². The van der Waals surface area contributed by atoms with Crippen LogP contribution in [0.15, 0.2) is 97.2 Å². The summed E-state index contributed by atoms with van der Waals surface area (Å²) in [6.45, 7) is 4.14. The molecule has 0 radical (unpaired) electrons. The third-order valence-electron chi connectivity index (χ3n) is 9.03. The van der Waals surface area contributed by atoms with Crippen LogP contribution in [0.1, 0.15) is 181 Å². The number of rotatable bonds is 37. The molecule has 0 bridgehead atoms. The van der Waals surface area contributed by atoms with E-state index in [1.165, 1.54) is 83.5 Å². The molecule has 0 saturated heterocycles. The quantitative estimate of drug-likeness (QED) is 0.0442. The van der Waals surface area contributed by atoms with Crippen LogP contribution < -0.4 is 5.32 Å². The van der Waals surface area contributed by atoms with Gasteiger partial charge in [-0.2, -0.15) is 0 Å². The second kappa shape index (κ2) is 42.7. The molecule has 0 aliphatic rings. The lowest BCUT2D eigenvalue weighted by atomic mass is 10.1. The summed E-state index contributed by atoms with van der Waals surface area (Å²) in [6.07, 6.45) is 63.6. The number of hydrogen-bond acceptors (Lipinski definition) is 3. The monoisotopic (exact) mass is 720 g/mol. The van der Waals surface area contributed by atoms with Gasteiger partial charge < -0.3 is 15.5 Å². The third-order valence-corrected chi connectivity index (χ3v) is 9.03. The summed E-state index contributed by atoms with van der Waals surface area (Å²) in [6, 6.07) is -0.654. The van der Waals surface area contributed by atoms with Crippen LogP contribution in [0.5, 0.6) is 0 Å². The van der Waals surface area contributed by atoms with Crippen molar-refractivity contribution in [3.8, 4) is 0 Å². The molecule has 0 fully saturated rings. The molecular weight excluding hydrogens is 639 g/mol. The topological polar surface area (TPSA) is 69.6 Å². The van der Waals surface area contributed by atoms with Gasteiger partial charge in [-0.05, 0) is 89.9 Å². The molecule has 1 amide bonds. The molecule has 0 aromatic heterocycles. The van der Waals surface area contributed by atoms with Crippen molar-refractivity contribution in [1.29, 1.82) is 0 Å². The summed E-state index contributed by atoms with van der Waals surface area (Å²) < 4.78 is 0. The van der Waals surface area contributed by atoms with Gasteiger partial charge >= 0.3 is 0 Å². The highest BCUT2D eigenvalue weighted by Gasteiger charge is 2.17. The highest BCUT2D eigenvalue weighted by Crippen LogP contribution is 2.12. The third kappa shape index (κ3) is 38.5. The smallest absolute Gasteiger partial charge is 0.220 e. The van der Waals surface area contributed by atoms with Crippen LogP contribution in [0.2, 0.25) is 0 Å².